The Morgan fingerprint density at radius 3 is 2.50 bits per heavy atom. The van der Waals surface area contributed by atoms with Gasteiger partial charge in [-0.15, -0.1) is 6.58 Å². The van der Waals surface area contributed by atoms with E-state index in [1.54, 1.807) is 0 Å². The van der Waals surface area contributed by atoms with E-state index in [-0.39, 0.29) is 0 Å². The van der Waals surface area contributed by atoms with Crippen molar-refractivity contribution in [3.8, 4) is 0 Å². The molecule has 0 N–H and O–H groups in total. The third kappa shape index (κ3) is 8.54. The molecule has 0 aromatic carbocycles. The minimum Gasteiger partial charge on any atom is -0.179 e. The van der Waals surface area contributed by atoms with Crippen molar-refractivity contribution in [2.45, 2.75) is 44.3 Å². The Morgan fingerprint density at radius 2 is 2.00 bits per heavy atom. The van der Waals surface area contributed by atoms with Crippen LogP contribution in [0.4, 0.5) is 0 Å². The summed E-state index contributed by atoms with van der Waals surface area (Å²) in [4.78, 5) is 0. The normalized spacial score (nSPS) is 12.9. The summed E-state index contributed by atoms with van der Waals surface area (Å²) in [5, 5.41) is 0.549. The van der Waals surface area contributed by atoms with Gasteiger partial charge in [-0.25, -0.2) is 0 Å². The van der Waals surface area contributed by atoms with Crippen LogP contribution in [0.15, 0.2) is 12.2 Å². The Balaban J connectivity index is 3.13. The lowest BCUT2D eigenvalue weighted by Gasteiger charge is -2.07. The monoisotopic (exact) mass is 204 g/mol. The van der Waals surface area contributed by atoms with E-state index in [4.69, 9.17) is 0 Å². The molecule has 0 aromatic rings. The first kappa shape index (κ1) is 12.4. The summed E-state index contributed by atoms with van der Waals surface area (Å²) in [5.41, 5.74) is 1.29. The predicted molar refractivity (Wildman–Crippen MR) is 64.5 cm³/mol. The zero-order valence-electron chi connectivity index (χ0n) is 7.92. The second-order valence-corrected chi connectivity index (χ2v) is 4.55. The van der Waals surface area contributed by atoms with E-state index in [2.05, 4.69) is 38.8 Å². The first-order chi connectivity index (χ1) is 5.66. The largest absolute Gasteiger partial charge is 0.179 e. The molecule has 0 heterocycles. The fourth-order valence-corrected chi connectivity index (χ4v) is 1.93. The zero-order chi connectivity index (χ0) is 9.40. The number of unbranched alkanes of at least 4 members (excludes halogenated alkanes) is 1. The summed E-state index contributed by atoms with van der Waals surface area (Å²) >= 11 is 8.64. The molecule has 0 aliphatic heterocycles. The molecule has 0 saturated carbocycles. The van der Waals surface area contributed by atoms with Crippen LogP contribution in [0.1, 0.15) is 39.0 Å². The molecule has 0 aliphatic carbocycles. The maximum atomic E-state index is 4.46. The maximum Gasteiger partial charge on any atom is 0.00245 e. The van der Waals surface area contributed by atoms with Crippen LogP contribution in [0.2, 0.25) is 0 Å². The van der Waals surface area contributed by atoms with Crippen molar-refractivity contribution < 1.29 is 0 Å². The molecular formula is C10H20S2. The Kier molecular flexibility index (Phi) is 8.35. The van der Waals surface area contributed by atoms with E-state index in [1.807, 2.05) is 0 Å². The fourth-order valence-electron chi connectivity index (χ4n) is 1.10. The first-order valence-electron chi connectivity index (χ1n) is 4.60. The van der Waals surface area contributed by atoms with Crippen LogP contribution < -0.4 is 0 Å². The van der Waals surface area contributed by atoms with Gasteiger partial charge in [-0.2, -0.15) is 25.3 Å². The lowest BCUT2D eigenvalue weighted by Crippen LogP contribution is -1.99. The van der Waals surface area contributed by atoms with E-state index in [9.17, 15) is 0 Å². The highest BCUT2D eigenvalue weighted by atomic mass is 32.1. The highest BCUT2D eigenvalue weighted by Gasteiger charge is 2.00. The van der Waals surface area contributed by atoms with Gasteiger partial charge in [-0.05, 0) is 38.4 Å². The number of thiol groups is 2. The molecule has 72 valence electrons. The molecule has 0 aromatic heterocycles. The molecule has 0 bridgehead atoms. The van der Waals surface area contributed by atoms with Crippen LogP contribution >= 0.6 is 25.3 Å². The highest BCUT2D eigenvalue weighted by molar-refractivity contribution is 7.81. The Morgan fingerprint density at radius 1 is 1.33 bits per heavy atom. The van der Waals surface area contributed by atoms with E-state index in [0.29, 0.717) is 5.25 Å². The summed E-state index contributed by atoms with van der Waals surface area (Å²) in [6.45, 7) is 5.97. The second-order valence-electron chi connectivity index (χ2n) is 3.37. The van der Waals surface area contributed by atoms with Crippen LogP contribution in [0.5, 0.6) is 0 Å². The van der Waals surface area contributed by atoms with Gasteiger partial charge in [0, 0.05) is 5.25 Å². The minimum absolute atomic E-state index is 0.549. The molecule has 0 aliphatic rings. The fraction of sp³-hybridized carbons (Fsp3) is 0.800. The van der Waals surface area contributed by atoms with Crippen molar-refractivity contribution in [3.05, 3.63) is 12.2 Å². The smallest absolute Gasteiger partial charge is 0.00245 e. The number of hydrogen-bond donors (Lipinski definition) is 2. The molecule has 1 atom stereocenters. The van der Waals surface area contributed by atoms with Crippen molar-refractivity contribution in [3.63, 3.8) is 0 Å². The molecule has 0 rings (SSSR count). The van der Waals surface area contributed by atoms with Gasteiger partial charge in [0.25, 0.3) is 0 Å². The van der Waals surface area contributed by atoms with E-state index in [1.165, 1.54) is 31.3 Å². The molecule has 0 spiro atoms. The maximum absolute atomic E-state index is 4.46. The quantitative estimate of drug-likeness (QED) is 0.352. The van der Waals surface area contributed by atoms with Gasteiger partial charge < -0.3 is 0 Å². The van der Waals surface area contributed by atoms with Gasteiger partial charge in [-0.3, -0.25) is 0 Å². The summed E-state index contributed by atoms with van der Waals surface area (Å²) in [6, 6.07) is 0. The zero-order valence-corrected chi connectivity index (χ0v) is 9.71. The number of rotatable bonds is 7. The molecule has 1 unspecified atom stereocenters. The molecule has 2 heteroatoms. The van der Waals surface area contributed by atoms with Crippen LogP contribution in [-0.4, -0.2) is 11.0 Å². The minimum atomic E-state index is 0.549. The van der Waals surface area contributed by atoms with Crippen LogP contribution in [-0.2, 0) is 0 Å². The Hall–Kier alpha value is 0.440. The molecule has 0 nitrogen and oxygen atoms in total. The molecule has 0 amide bonds. The van der Waals surface area contributed by atoms with Crippen LogP contribution in [0.25, 0.3) is 0 Å². The van der Waals surface area contributed by atoms with E-state index < -0.39 is 0 Å². The summed E-state index contributed by atoms with van der Waals surface area (Å²) in [5.74, 6) is 0.953. The standard InChI is InChI=1S/C10H20S2/c1-9(2)5-3-4-6-10(12)7-8-11/h10-12H,1,3-8H2,2H3. The SMILES string of the molecule is C=C(C)CCCCC(S)CCS. The van der Waals surface area contributed by atoms with Gasteiger partial charge >= 0.3 is 0 Å². The van der Waals surface area contributed by atoms with Crippen molar-refractivity contribution in [1.29, 1.82) is 0 Å². The van der Waals surface area contributed by atoms with Gasteiger partial charge in [0.05, 0.1) is 0 Å². The van der Waals surface area contributed by atoms with Gasteiger partial charge in [0.1, 0.15) is 0 Å². The van der Waals surface area contributed by atoms with Gasteiger partial charge in [0.2, 0.25) is 0 Å². The molecular weight excluding hydrogens is 184 g/mol. The molecule has 0 saturated heterocycles. The number of hydrogen-bond acceptors (Lipinski definition) is 2. The van der Waals surface area contributed by atoms with Crippen molar-refractivity contribution in [1.82, 2.24) is 0 Å². The molecule has 12 heavy (non-hydrogen) atoms. The van der Waals surface area contributed by atoms with Crippen molar-refractivity contribution >= 4 is 25.3 Å². The van der Waals surface area contributed by atoms with E-state index >= 15 is 0 Å². The average Bonchev–Trinajstić information content (AvgIpc) is 1.98. The predicted octanol–water partition coefficient (Wildman–Crippen LogP) is 3.74. The Labute approximate surface area is 87.6 Å². The lowest BCUT2D eigenvalue weighted by atomic mass is 10.1. The Bertz CT molecular complexity index is 121. The average molecular weight is 204 g/mol. The van der Waals surface area contributed by atoms with E-state index in [0.717, 1.165) is 12.2 Å². The van der Waals surface area contributed by atoms with Crippen LogP contribution in [0, 0.1) is 0 Å². The van der Waals surface area contributed by atoms with Gasteiger partial charge in [-0.1, -0.05) is 12.0 Å². The highest BCUT2D eigenvalue weighted by Crippen LogP contribution is 2.14. The summed E-state index contributed by atoms with van der Waals surface area (Å²) in [6.07, 6.45) is 6.05. The molecule has 0 radical (unpaired) electrons. The van der Waals surface area contributed by atoms with Crippen LogP contribution in [0.3, 0.4) is 0 Å². The molecule has 0 fully saturated rings. The van der Waals surface area contributed by atoms with Crippen molar-refractivity contribution in [2.75, 3.05) is 5.75 Å². The summed E-state index contributed by atoms with van der Waals surface area (Å²) < 4.78 is 0. The first-order valence-corrected chi connectivity index (χ1v) is 5.75. The van der Waals surface area contributed by atoms with Gasteiger partial charge in [0.15, 0.2) is 0 Å². The third-order valence-corrected chi connectivity index (χ3v) is 2.63. The summed E-state index contributed by atoms with van der Waals surface area (Å²) in [7, 11) is 0. The van der Waals surface area contributed by atoms with Crippen molar-refractivity contribution in [2.24, 2.45) is 0 Å². The lowest BCUT2D eigenvalue weighted by molar-refractivity contribution is 0.647. The topological polar surface area (TPSA) is 0 Å². The second kappa shape index (κ2) is 8.06. The third-order valence-electron chi connectivity index (χ3n) is 1.85. The number of allylic oxidation sites excluding steroid dienone is 1.